The lowest BCUT2D eigenvalue weighted by Gasteiger charge is -2.35. The van der Waals surface area contributed by atoms with Gasteiger partial charge in [-0.1, -0.05) is 31.9 Å². The first-order valence-corrected chi connectivity index (χ1v) is 7.23. The van der Waals surface area contributed by atoms with Crippen molar-refractivity contribution in [2.24, 2.45) is 11.7 Å². The Hall–Kier alpha value is -1.55. The van der Waals surface area contributed by atoms with Crippen molar-refractivity contribution in [3.63, 3.8) is 0 Å². The molecule has 2 unspecified atom stereocenters. The molecule has 1 saturated carbocycles. The molecule has 4 nitrogen and oxygen atoms in total. The molecule has 0 saturated heterocycles. The van der Waals surface area contributed by atoms with Crippen LogP contribution < -0.4 is 15.8 Å². The molecule has 2 atom stereocenters. The van der Waals surface area contributed by atoms with Crippen LogP contribution in [0.5, 0.6) is 5.75 Å². The second-order valence-electron chi connectivity index (χ2n) is 5.89. The number of carbonyl (C=O) groups is 1. The van der Waals surface area contributed by atoms with Gasteiger partial charge in [0.05, 0.1) is 12.6 Å². The Balaban J connectivity index is 1.94. The molecule has 1 aromatic rings. The second kappa shape index (κ2) is 6.27. The third kappa shape index (κ3) is 3.51. The van der Waals surface area contributed by atoms with Crippen LogP contribution in [0.4, 0.5) is 0 Å². The number of nitrogens with two attached hydrogens (primary N) is 1. The first kappa shape index (κ1) is 14.9. The van der Waals surface area contributed by atoms with Crippen molar-refractivity contribution in [3.05, 3.63) is 29.8 Å². The zero-order valence-electron chi connectivity index (χ0n) is 12.3. The van der Waals surface area contributed by atoms with Gasteiger partial charge in [0.2, 0.25) is 5.91 Å². The van der Waals surface area contributed by atoms with E-state index < -0.39 is 5.54 Å². The van der Waals surface area contributed by atoms with Gasteiger partial charge in [-0.2, -0.15) is 0 Å². The highest BCUT2D eigenvalue weighted by Gasteiger charge is 2.37. The largest absolute Gasteiger partial charge is 0.497 e. The van der Waals surface area contributed by atoms with E-state index in [-0.39, 0.29) is 5.91 Å². The molecule has 1 amide bonds. The molecule has 2 rings (SSSR count). The molecule has 1 aliphatic carbocycles. The van der Waals surface area contributed by atoms with Gasteiger partial charge in [0.25, 0.3) is 0 Å². The molecule has 1 aromatic carbocycles. The highest BCUT2D eigenvalue weighted by Crippen LogP contribution is 2.30. The molecule has 0 radical (unpaired) electrons. The number of nitrogens with one attached hydrogen (secondary N) is 1. The van der Waals surface area contributed by atoms with E-state index in [0.29, 0.717) is 12.5 Å². The molecule has 4 heteroatoms. The summed E-state index contributed by atoms with van der Waals surface area (Å²) in [5.74, 6) is 1.29. The third-order valence-corrected chi connectivity index (χ3v) is 4.07. The van der Waals surface area contributed by atoms with Gasteiger partial charge in [-0.3, -0.25) is 4.79 Å². The molecule has 1 aliphatic rings. The van der Waals surface area contributed by atoms with Crippen LogP contribution in [0.1, 0.15) is 38.2 Å². The fourth-order valence-corrected chi connectivity index (χ4v) is 2.94. The van der Waals surface area contributed by atoms with Crippen molar-refractivity contribution in [1.82, 2.24) is 5.32 Å². The number of hydrogen-bond acceptors (Lipinski definition) is 3. The summed E-state index contributed by atoms with van der Waals surface area (Å²) >= 11 is 0. The molecule has 20 heavy (non-hydrogen) atoms. The van der Waals surface area contributed by atoms with Crippen LogP contribution in [0.25, 0.3) is 0 Å². The molecular formula is C16H24N2O2. The van der Waals surface area contributed by atoms with Crippen LogP contribution in [0.3, 0.4) is 0 Å². The van der Waals surface area contributed by atoms with Gasteiger partial charge in [0.1, 0.15) is 5.75 Å². The summed E-state index contributed by atoms with van der Waals surface area (Å²) in [4.78, 5) is 12.3. The summed E-state index contributed by atoms with van der Waals surface area (Å²) in [7, 11) is 1.63. The molecular weight excluding hydrogens is 252 g/mol. The Morgan fingerprint density at radius 1 is 1.55 bits per heavy atom. The summed E-state index contributed by atoms with van der Waals surface area (Å²) in [5.41, 5.74) is 6.60. The lowest BCUT2D eigenvalue weighted by atomic mass is 9.76. The topological polar surface area (TPSA) is 64.3 Å². The summed E-state index contributed by atoms with van der Waals surface area (Å²) in [6, 6.07) is 7.70. The van der Waals surface area contributed by atoms with Crippen LogP contribution in [-0.4, -0.2) is 18.6 Å². The number of amides is 1. The Kier molecular flexibility index (Phi) is 4.65. The van der Waals surface area contributed by atoms with Gasteiger partial charge in [-0.25, -0.2) is 0 Å². The van der Waals surface area contributed by atoms with E-state index in [9.17, 15) is 4.79 Å². The van der Waals surface area contributed by atoms with E-state index in [2.05, 4.69) is 12.2 Å². The van der Waals surface area contributed by atoms with Crippen molar-refractivity contribution in [2.75, 3.05) is 7.11 Å². The minimum absolute atomic E-state index is 0.0353. The zero-order valence-corrected chi connectivity index (χ0v) is 12.3. The van der Waals surface area contributed by atoms with E-state index in [4.69, 9.17) is 10.5 Å². The number of carbonyl (C=O) groups excluding carboxylic acids is 1. The highest BCUT2D eigenvalue weighted by molar-refractivity contribution is 5.86. The van der Waals surface area contributed by atoms with Crippen LogP contribution in [-0.2, 0) is 11.3 Å². The fourth-order valence-electron chi connectivity index (χ4n) is 2.94. The molecule has 110 valence electrons. The SMILES string of the molecule is COc1cccc(CNC(=O)C2(N)CCCC(C)C2)c1. The second-order valence-corrected chi connectivity index (χ2v) is 5.89. The Labute approximate surface area is 120 Å². The smallest absolute Gasteiger partial charge is 0.240 e. The van der Waals surface area contributed by atoms with E-state index >= 15 is 0 Å². The summed E-state index contributed by atoms with van der Waals surface area (Å²) in [6.45, 7) is 2.65. The average Bonchev–Trinajstić information content (AvgIpc) is 2.44. The van der Waals surface area contributed by atoms with Crippen LogP contribution in [0.2, 0.25) is 0 Å². The standard InChI is InChI=1S/C16H24N2O2/c1-12-5-4-8-16(17,10-12)15(19)18-11-13-6-3-7-14(9-13)20-2/h3,6-7,9,12H,4-5,8,10-11,17H2,1-2H3,(H,18,19). The van der Waals surface area contributed by atoms with Crippen molar-refractivity contribution in [1.29, 1.82) is 0 Å². The number of ether oxygens (including phenoxy) is 1. The predicted molar refractivity (Wildman–Crippen MR) is 79.4 cm³/mol. The molecule has 0 heterocycles. The maximum Gasteiger partial charge on any atom is 0.240 e. The van der Waals surface area contributed by atoms with Gasteiger partial charge in [0.15, 0.2) is 0 Å². The number of rotatable bonds is 4. The van der Waals surface area contributed by atoms with E-state index in [1.54, 1.807) is 7.11 Å². The predicted octanol–water partition coefficient (Wildman–Crippen LogP) is 2.22. The lowest BCUT2D eigenvalue weighted by molar-refractivity contribution is -0.128. The van der Waals surface area contributed by atoms with E-state index in [0.717, 1.165) is 30.6 Å². The summed E-state index contributed by atoms with van der Waals surface area (Å²) in [6.07, 6.45) is 3.75. The van der Waals surface area contributed by atoms with E-state index in [1.165, 1.54) is 6.42 Å². The van der Waals surface area contributed by atoms with Gasteiger partial charge < -0.3 is 15.8 Å². The number of benzene rings is 1. The van der Waals surface area contributed by atoms with Gasteiger partial charge >= 0.3 is 0 Å². The molecule has 0 spiro atoms. The maximum absolute atomic E-state index is 12.3. The fraction of sp³-hybridized carbons (Fsp3) is 0.562. The van der Waals surface area contributed by atoms with Crippen LogP contribution >= 0.6 is 0 Å². The molecule has 3 N–H and O–H groups in total. The van der Waals surface area contributed by atoms with Crippen molar-refractivity contribution in [3.8, 4) is 5.75 Å². The van der Waals surface area contributed by atoms with Crippen molar-refractivity contribution >= 4 is 5.91 Å². The van der Waals surface area contributed by atoms with Gasteiger partial charge in [-0.05, 0) is 36.5 Å². The average molecular weight is 276 g/mol. The summed E-state index contributed by atoms with van der Waals surface area (Å²) < 4.78 is 5.17. The molecule has 0 aromatic heterocycles. The lowest BCUT2D eigenvalue weighted by Crippen LogP contribution is -2.56. The third-order valence-electron chi connectivity index (χ3n) is 4.07. The van der Waals surface area contributed by atoms with Crippen molar-refractivity contribution < 1.29 is 9.53 Å². The van der Waals surface area contributed by atoms with Crippen LogP contribution in [0, 0.1) is 5.92 Å². The minimum Gasteiger partial charge on any atom is -0.497 e. The zero-order chi connectivity index (χ0) is 14.6. The van der Waals surface area contributed by atoms with Crippen LogP contribution in [0.15, 0.2) is 24.3 Å². The van der Waals surface area contributed by atoms with E-state index in [1.807, 2.05) is 24.3 Å². The molecule has 1 fully saturated rings. The summed E-state index contributed by atoms with van der Waals surface area (Å²) in [5, 5.41) is 2.96. The Morgan fingerprint density at radius 3 is 3.05 bits per heavy atom. The Bertz CT molecular complexity index is 475. The molecule has 0 bridgehead atoms. The first-order chi connectivity index (χ1) is 9.53. The highest BCUT2D eigenvalue weighted by atomic mass is 16.5. The minimum atomic E-state index is -0.698. The van der Waals surface area contributed by atoms with Gasteiger partial charge in [-0.15, -0.1) is 0 Å². The maximum atomic E-state index is 12.3. The number of methoxy groups -OCH3 is 1. The van der Waals surface area contributed by atoms with Crippen molar-refractivity contribution in [2.45, 2.75) is 44.7 Å². The number of hydrogen-bond donors (Lipinski definition) is 2. The monoisotopic (exact) mass is 276 g/mol. The molecule has 0 aliphatic heterocycles. The normalized spacial score (nSPS) is 26.1. The first-order valence-electron chi connectivity index (χ1n) is 7.23. The quantitative estimate of drug-likeness (QED) is 0.886. The Morgan fingerprint density at radius 2 is 2.35 bits per heavy atom. The van der Waals surface area contributed by atoms with Gasteiger partial charge in [0, 0.05) is 6.54 Å².